The van der Waals surface area contributed by atoms with Crippen molar-refractivity contribution in [1.29, 1.82) is 0 Å². The summed E-state index contributed by atoms with van der Waals surface area (Å²) in [6.07, 6.45) is 1.66. The molecule has 0 saturated heterocycles. The monoisotopic (exact) mass is 422 g/mol. The van der Waals surface area contributed by atoms with Crippen LogP contribution in [-0.4, -0.2) is 34.2 Å². The highest BCUT2D eigenvalue weighted by molar-refractivity contribution is 7.92. The number of sulfonamides is 1. The summed E-state index contributed by atoms with van der Waals surface area (Å²) in [5.74, 6) is -0.0389. The van der Waals surface area contributed by atoms with E-state index in [1.165, 1.54) is 18.2 Å². The second-order valence-electron chi connectivity index (χ2n) is 7.27. The van der Waals surface area contributed by atoms with E-state index in [-0.39, 0.29) is 11.7 Å². The number of carbonyl (C=O) groups is 1. The van der Waals surface area contributed by atoms with Gasteiger partial charge >= 0.3 is 0 Å². The molecule has 2 rings (SSSR count). The van der Waals surface area contributed by atoms with Crippen LogP contribution in [0.2, 0.25) is 0 Å². The molecule has 8 heteroatoms. The van der Waals surface area contributed by atoms with Crippen LogP contribution in [0.15, 0.2) is 48.5 Å². The predicted molar refractivity (Wildman–Crippen MR) is 112 cm³/mol. The lowest BCUT2D eigenvalue weighted by Gasteiger charge is -2.25. The third kappa shape index (κ3) is 6.74. The molecule has 2 aromatic rings. The van der Waals surface area contributed by atoms with E-state index in [1.807, 2.05) is 38.1 Å². The highest BCUT2D eigenvalue weighted by Gasteiger charge is 2.23. The highest BCUT2D eigenvalue weighted by Crippen LogP contribution is 2.24. The Kier molecular flexibility index (Phi) is 7.61. The number of halogens is 1. The van der Waals surface area contributed by atoms with Gasteiger partial charge < -0.3 is 10.1 Å². The Morgan fingerprint density at radius 1 is 1.17 bits per heavy atom. The normalized spacial score (nSPS) is 12.5. The van der Waals surface area contributed by atoms with Crippen LogP contribution in [0.1, 0.15) is 31.9 Å². The molecule has 0 aromatic heterocycles. The molecule has 1 N–H and O–H groups in total. The number of nitrogens with zero attached hydrogens (tertiary/aromatic N) is 1. The molecule has 6 nitrogen and oxygen atoms in total. The van der Waals surface area contributed by atoms with Crippen LogP contribution in [-0.2, 0) is 14.8 Å². The van der Waals surface area contributed by atoms with Gasteiger partial charge in [0.15, 0.2) is 0 Å². The van der Waals surface area contributed by atoms with Crippen molar-refractivity contribution in [1.82, 2.24) is 5.32 Å². The Labute approximate surface area is 171 Å². The minimum absolute atomic E-state index is 0.104. The minimum Gasteiger partial charge on any atom is -0.497 e. The Bertz CT molecular complexity index is 930. The number of anilines is 1. The maximum absolute atomic E-state index is 13.6. The van der Waals surface area contributed by atoms with Crippen LogP contribution >= 0.6 is 0 Å². The maximum Gasteiger partial charge on any atom is 0.241 e. The molecule has 2 aromatic carbocycles. The number of rotatable bonds is 9. The standard InChI is InChI=1S/C21H27FN2O4S/c1-15(2)12-20(16-8-10-19(28-3)11-9-16)23-21(25)14-24(29(4,26)27)18-7-5-6-17(22)13-18/h5-11,13,15,20H,12,14H2,1-4H3,(H,23,25)/t20-/m1/s1. The van der Waals surface area contributed by atoms with Crippen molar-refractivity contribution < 1.29 is 22.3 Å². The zero-order valence-electron chi connectivity index (χ0n) is 17.1. The molecule has 0 heterocycles. The summed E-state index contributed by atoms with van der Waals surface area (Å²) in [6, 6.07) is 12.2. The Balaban J connectivity index is 2.22. The average molecular weight is 423 g/mol. The lowest BCUT2D eigenvalue weighted by atomic mass is 9.97. The van der Waals surface area contributed by atoms with Crippen LogP contribution in [0.3, 0.4) is 0 Å². The van der Waals surface area contributed by atoms with Crippen LogP contribution in [0, 0.1) is 11.7 Å². The van der Waals surface area contributed by atoms with Gasteiger partial charge in [0, 0.05) is 0 Å². The Morgan fingerprint density at radius 2 is 1.83 bits per heavy atom. The summed E-state index contributed by atoms with van der Waals surface area (Å²) in [4.78, 5) is 12.7. The first kappa shape index (κ1) is 22.7. The zero-order valence-corrected chi connectivity index (χ0v) is 17.9. The van der Waals surface area contributed by atoms with Crippen molar-refractivity contribution in [3.8, 4) is 5.75 Å². The van der Waals surface area contributed by atoms with Gasteiger partial charge in [0.25, 0.3) is 0 Å². The van der Waals surface area contributed by atoms with Crippen molar-refractivity contribution in [2.45, 2.75) is 26.3 Å². The number of methoxy groups -OCH3 is 1. The fraction of sp³-hybridized carbons (Fsp3) is 0.381. The molecule has 0 spiro atoms. The van der Waals surface area contributed by atoms with Crippen molar-refractivity contribution in [3.63, 3.8) is 0 Å². The van der Waals surface area contributed by atoms with E-state index in [9.17, 15) is 17.6 Å². The number of ether oxygens (including phenoxy) is 1. The van der Waals surface area contributed by atoms with E-state index in [4.69, 9.17) is 4.74 Å². The quantitative estimate of drug-likeness (QED) is 0.671. The van der Waals surface area contributed by atoms with Crippen molar-refractivity contribution in [3.05, 3.63) is 59.9 Å². The fourth-order valence-corrected chi connectivity index (χ4v) is 3.84. The second kappa shape index (κ2) is 9.73. The van der Waals surface area contributed by atoms with Crippen molar-refractivity contribution in [2.75, 3.05) is 24.2 Å². The molecular formula is C21H27FN2O4S. The molecule has 29 heavy (non-hydrogen) atoms. The SMILES string of the molecule is COc1ccc([C@@H](CC(C)C)NC(=O)CN(c2cccc(F)c2)S(C)(=O)=O)cc1. The topological polar surface area (TPSA) is 75.7 Å². The van der Waals surface area contributed by atoms with Gasteiger partial charge in [-0.25, -0.2) is 12.8 Å². The summed E-state index contributed by atoms with van der Waals surface area (Å²) in [5.41, 5.74) is 0.997. The van der Waals surface area contributed by atoms with E-state index in [0.29, 0.717) is 18.1 Å². The van der Waals surface area contributed by atoms with Gasteiger partial charge in [-0.2, -0.15) is 0 Å². The molecule has 1 amide bonds. The molecule has 0 aliphatic rings. The van der Waals surface area contributed by atoms with Gasteiger partial charge in [0.2, 0.25) is 15.9 Å². The third-order valence-electron chi connectivity index (χ3n) is 4.34. The van der Waals surface area contributed by atoms with Crippen LogP contribution in [0.25, 0.3) is 0 Å². The third-order valence-corrected chi connectivity index (χ3v) is 5.48. The molecule has 0 saturated carbocycles. The van der Waals surface area contributed by atoms with Crippen molar-refractivity contribution >= 4 is 21.6 Å². The van der Waals surface area contributed by atoms with E-state index in [1.54, 1.807) is 7.11 Å². The molecule has 0 unspecified atom stereocenters. The first-order chi connectivity index (χ1) is 13.6. The van der Waals surface area contributed by atoms with Crippen LogP contribution < -0.4 is 14.4 Å². The highest BCUT2D eigenvalue weighted by atomic mass is 32.2. The molecule has 0 bridgehead atoms. The number of amides is 1. The Morgan fingerprint density at radius 3 is 2.34 bits per heavy atom. The smallest absolute Gasteiger partial charge is 0.241 e. The lowest BCUT2D eigenvalue weighted by molar-refractivity contribution is -0.120. The molecule has 0 aliphatic heterocycles. The fourth-order valence-electron chi connectivity index (χ4n) is 2.99. The van der Waals surface area contributed by atoms with Crippen LogP contribution in [0.5, 0.6) is 5.75 Å². The molecule has 0 aliphatic carbocycles. The number of hydrogen-bond acceptors (Lipinski definition) is 4. The molecular weight excluding hydrogens is 395 g/mol. The second-order valence-corrected chi connectivity index (χ2v) is 9.18. The average Bonchev–Trinajstić information content (AvgIpc) is 2.64. The van der Waals surface area contributed by atoms with E-state index in [0.717, 1.165) is 22.2 Å². The van der Waals surface area contributed by atoms with E-state index >= 15 is 0 Å². The van der Waals surface area contributed by atoms with Gasteiger partial charge in [-0.15, -0.1) is 0 Å². The predicted octanol–water partition coefficient (Wildman–Crippen LogP) is 3.50. The summed E-state index contributed by atoms with van der Waals surface area (Å²) >= 11 is 0. The number of hydrogen-bond donors (Lipinski definition) is 1. The van der Waals surface area contributed by atoms with Gasteiger partial charge in [-0.1, -0.05) is 32.0 Å². The van der Waals surface area contributed by atoms with E-state index < -0.39 is 28.3 Å². The number of nitrogens with one attached hydrogen (secondary N) is 1. The van der Waals surface area contributed by atoms with Gasteiger partial charge in [0.1, 0.15) is 18.1 Å². The number of benzene rings is 2. The summed E-state index contributed by atoms with van der Waals surface area (Å²) < 4.78 is 44.0. The summed E-state index contributed by atoms with van der Waals surface area (Å²) in [5, 5.41) is 2.91. The lowest BCUT2D eigenvalue weighted by Crippen LogP contribution is -2.41. The largest absolute Gasteiger partial charge is 0.497 e. The molecule has 0 radical (unpaired) electrons. The van der Waals surface area contributed by atoms with Gasteiger partial charge in [0.05, 0.1) is 25.1 Å². The molecule has 1 atom stereocenters. The van der Waals surface area contributed by atoms with Crippen molar-refractivity contribution in [2.24, 2.45) is 5.92 Å². The molecule has 0 fully saturated rings. The first-order valence-electron chi connectivity index (χ1n) is 9.26. The maximum atomic E-state index is 13.6. The first-order valence-corrected chi connectivity index (χ1v) is 11.1. The van der Waals surface area contributed by atoms with Gasteiger partial charge in [-0.05, 0) is 48.2 Å². The zero-order chi connectivity index (χ0) is 21.6. The Hall–Kier alpha value is -2.61. The molecule has 158 valence electrons. The van der Waals surface area contributed by atoms with Gasteiger partial charge in [-0.3, -0.25) is 9.10 Å². The van der Waals surface area contributed by atoms with E-state index in [2.05, 4.69) is 5.32 Å². The number of carbonyl (C=O) groups excluding carboxylic acids is 1. The summed E-state index contributed by atoms with van der Waals surface area (Å²) in [7, 11) is -2.20. The van der Waals surface area contributed by atoms with Crippen LogP contribution in [0.4, 0.5) is 10.1 Å². The summed E-state index contributed by atoms with van der Waals surface area (Å²) in [6.45, 7) is 3.64. The minimum atomic E-state index is -3.77.